The van der Waals surface area contributed by atoms with Crippen molar-refractivity contribution in [3.05, 3.63) is 18.0 Å². The van der Waals surface area contributed by atoms with E-state index in [1.165, 1.54) is 25.0 Å². The van der Waals surface area contributed by atoms with Gasteiger partial charge in [0.05, 0.1) is 5.69 Å². The van der Waals surface area contributed by atoms with Gasteiger partial charge in [0, 0.05) is 18.1 Å². The van der Waals surface area contributed by atoms with Gasteiger partial charge in [-0.25, -0.2) is 0 Å². The highest BCUT2D eigenvalue weighted by Gasteiger charge is 2.28. The topological polar surface area (TPSA) is 17.8 Å². The molecule has 2 nitrogen and oxygen atoms in total. The number of nitrogens with zero attached hydrogens (tertiary/aromatic N) is 2. The maximum Gasteiger partial charge on any atom is 0.0630 e. The molecule has 0 fully saturated rings. The van der Waals surface area contributed by atoms with Crippen molar-refractivity contribution < 1.29 is 0 Å². The zero-order valence-electron chi connectivity index (χ0n) is 13.0. The predicted octanol–water partition coefficient (Wildman–Crippen LogP) is 5.22. The summed E-state index contributed by atoms with van der Waals surface area (Å²) in [6.45, 7) is 8.90. The number of alkyl halides is 1. The molecule has 2 unspecified atom stereocenters. The van der Waals surface area contributed by atoms with Gasteiger partial charge in [0.15, 0.2) is 0 Å². The first kappa shape index (κ1) is 16.6. The van der Waals surface area contributed by atoms with Crippen molar-refractivity contribution in [3.63, 3.8) is 0 Å². The Kier molecular flexibility index (Phi) is 6.92. The van der Waals surface area contributed by atoms with Gasteiger partial charge in [0.2, 0.25) is 0 Å². The average Bonchev–Trinajstić information content (AvgIpc) is 2.91. The Labute approximate surface area is 123 Å². The molecule has 3 heteroatoms. The summed E-state index contributed by atoms with van der Waals surface area (Å²) in [5.41, 5.74) is 1.42. The third kappa shape index (κ3) is 4.52. The third-order valence-electron chi connectivity index (χ3n) is 4.36. The number of aromatic nitrogens is 2. The Bertz CT molecular complexity index is 355. The highest BCUT2D eigenvalue weighted by molar-refractivity contribution is 6.18. The van der Waals surface area contributed by atoms with Crippen LogP contribution in [0.1, 0.15) is 71.5 Å². The molecule has 1 rings (SSSR count). The van der Waals surface area contributed by atoms with E-state index in [4.69, 9.17) is 16.7 Å². The fourth-order valence-electron chi connectivity index (χ4n) is 2.44. The van der Waals surface area contributed by atoms with Crippen molar-refractivity contribution in [2.24, 2.45) is 5.41 Å². The smallest absolute Gasteiger partial charge is 0.0630 e. The molecule has 0 saturated carbocycles. The first-order chi connectivity index (χ1) is 9.10. The molecule has 0 aliphatic carbocycles. The summed E-state index contributed by atoms with van der Waals surface area (Å²) < 4.78 is 2.09. The van der Waals surface area contributed by atoms with Crippen LogP contribution >= 0.6 is 11.6 Å². The molecular weight excluding hydrogens is 256 g/mol. The lowest BCUT2D eigenvalue weighted by Crippen LogP contribution is -2.25. The minimum Gasteiger partial charge on any atom is -0.270 e. The van der Waals surface area contributed by atoms with Gasteiger partial charge in [-0.1, -0.05) is 33.6 Å². The number of hydrogen-bond acceptors (Lipinski definition) is 1. The Morgan fingerprint density at radius 2 is 2.11 bits per heavy atom. The van der Waals surface area contributed by atoms with E-state index in [0.29, 0.717) is 6.04 Å². The molecule has 0 radical (unpaired) electrons. The molecule has 1 heterocycles. The lowest BCUT2D eigenvalue weighted by atomic mass is 9.78. The summed E-state index contributed by atoms with van der Waals surface area (Å²) in [5.74, 6) is 0.736. The van der Waals surface area contributed by atoms with Crippen LogP contribution in [0.25, 0.3) is 0 Å². The van der Waals surface area contributed by atoms with E-state index in [1.807, 2.05) is 0 Å². The number of rotatable bonds is 9. The molecule has 19 heavy (non-hydrogen) atoms. The average molecular weight is 285 g/mol. The first-order valence-electron chi connectivity index (χ1n) is 7.70. The molecule has 0 aliphatic rings. The van der Waals surface area contributed by atoms with Gasteiger partial charge >= 0.3 is 0 Å². The van der Waals surface area contributed by atoms with E-state index in [0.717, 1.165) is 25.1 Å². The minimum atomic E-state index is 0.228. The van der Waals surface area contributed by atoms with Crippen LogP contribution in [-0.2, 0) is 6.42 Å². The normalized spacial score (nSPS) is 16.3. The van der Waals surface area contributed by atoms with Crippen molar-refractivity contribution in [3.8, 4) is 0 Å². The summed E-state index contributed by atoms with van der Waals surface area (Å²) in [5, 5.41) is 4.73. The van der Waals surface area contributed by atoms with E-state index in [2.05, 4.69) is 44.6 Å². The fourth-order valence-corrected chi connectivity index (χ4v) is 2.86. The Balaban J connectivity index is 2.75. The summed E-state index contributed by atoms with van der Waals surface area (Å²) >= 11 is 6.27. The third-order valence-corrected chi connectivity index (χ3v) is 4.92. The monoisotopic (exact) mass is 284 g/mol. The molecule has 0 aromatic carbocycles. The van der Waals surface area contributed by atoms with Gasteiger partial charge in [0.25, 0.3) is 0 Å². The van der Waals surface area contributed by atoms with Crippen LogP contribution < -0.4 is 0 Å². The minimum absolute atomic E-state index is 0.228. The molecule has 110 valence electrons. The van der Waals surface area contributed by atoms with Crippen LogP contribution in [0.2, 0.25) is 0 Å². The van der Waals surface area contributed by atoms with Gasteiger partial charge in [-0.15, -0.1) is 11.6 Å². The van der Waals surface area contributed by atoms with Crippen molar-refractivity contribution in [2.75, 3.05) is 5.88 Å². The van der Waals surface area contributed by atoms with Gasteiger partial charge in [-0.3, -0.25) is 4.68 Å². The van der Waals surface area contributed by atoms with E-state index in [1.54, 1.807) is 0 Å². The van der Waals surface area contributed by atoms with Crippen LogP contribution in [0.4, 0.5) is 0 Å². The van der Waals surface area contributed by atoms with E-state index >= 15 is 0 Å². The van der Waals surface area contributed by atoms with Gasteiger partial charge in [-0.05, 0) is 44.1 Å². The molecule has 0 aliphatic heterocycles. The van der Waals surface area contributed by atoms with Crippen LogP contribution in [0.15, 0.2) is 12.3 Å². The molecule has 2 atom stereocenters. The lowest BCUT2D eigenvalue weighted by molar-refractivity contribution is 0.275. The van der Waals surface area contributed by atoms with Crippen molar-refractivity contribution in [1.29, 1.82) is 0 Å². The maximum absolute atomic E-state index is 6.27. The van der Waals surface area contributed by atoms with Gasteiger partial charge < -0.3 is 0 Å². The SMILES string of the molecule is CCCCC(CC)(CCl)Cc1ccn(C(C)CC)n1. The van der Waals surface area contributed by atoms with Crippen molar-refractivity contribution >= 4 is 11.6 Å². The van der Waals surface area contributed by atoms with Gasteiger partial charge in [0.1, 0.15) is 0 Å². The standard InChI is InChI=1S/C16H29ClN2/c1-5-8-10-16(7-3,13-17)12-15-9-11-19(18-15)14(4)6-2/h9,11,14H,5-8,10,12-13H2,1-4H3. The predicted molar refractivity (Wildman–Crippen MR) is 83.9 cm³/mol. The second-order valence-electron chi connectivity index (χ2n) is 5.81. The quantitative estimate of drug-likeness (QED) is 0.568. The van der Waals surface area contributed by atoms with Crippen molar-refractivity contribution in [2.45, 2.75) is 72.3 Å². The van der Waals surface area contributed by atoms with Crippen LogP contribution in [0.3, 0.4) is 0 Å². The molecule has 0 spiro atoms. The van der Waals surface area contributed by atoms with Crippen LogP contribution in [0, 0.1) is 5.41 Å². The Morgan fingerprint density at radius 1 is 1.37 bits per heavy atom. The van der Waals surface area contributed by atoms with Crippen LogP contribution in [0.5, 0.6) is 0 Å². The first-order valence-corrected chi connectivity index (χ1v) is 8.24. The van der Waals surface area contributed by atoms with Crippen LogP contribution in [-0.4, -0.2) is 15.7 Å². The molecule has 1 aromatic rings. The summed E-state index contributed by atoms with van der Waals surface area (Å²) in [7, 11) is 0. The van der Waals surface area contributed by atoms with E-state index in [9.17, 15) is 0 Å². The molecule has 0 bridgehead atoms. The van der Waals surface area contributed by atoms with E-state index in [-0.39, 0.29) is 5.41 Å². The summed E-state index contributed by atoms with van der Waals surface area (Å²) in [6, 6.07) is 2.64. The van der Waals surface area contributed by atoms with E-state index < -0.39 is 0 Å². The largest absolute Gasteiger partial charge is 0.270 e. The second-order valence-corrected chi connectivity index (χ2v) is 6.08. The Morgan fingerprint density at radius 3 is 2.63 bits per heavy atom. The number of halogens is 1. The maximum atomic E-state index is 6.27. The molecular formula is C16H29ClN2. The number of unbranched alkanes of at least 4 members (excludes halogenated alkanes) is 1. The zero-order chi connectivity index (χ0) is 14.3. The summed E-state index contributed by atoms with van der Waals surface area (Å²) in [6.07, 6.45) is 9.07. The second kappa shape index (κ2) is 7.94. The highest BCUT2D eigenvalue weighted by Crippen LogP contribution is 2.34. The molecule has 1 aromatic heterocycles. The van der Waals surface area contributed by atoms with Gasteiger partial charge in [-0.2, -0.15) is 5.10 Å². The Hall–Kier alpha value is -0.500. The summed E-state index contributed by atoms with van der Waals surface area (Å²) in [4.78, 5) is 0. The lowest BCUT2D eigenvalue weighted by Gasteiger charge is -2.30. The molecule has 0 amide bonds. The van der Waals surface area contributed by atoms with Crippen molar-refractivity contribution in [1.82, 2.24) is 9.78 Å². The molecule has 0 saturated heterocycles. The molecule has 0 N–H and O–H groups in total. The zero-order valence-corrected chi connectivity index (χ0v) is 13.7. The fraction of sp³-hybridized carbons (Fsp3) is 0.812. The highest BCUT2D eigenvalue weighted by atomic mass is 35.5. The number of hydrogen-bond donors (Lipinski definition) is 0.